The van der Waals surface area contributed by atoms with Gasteiger partial charge in [0.1, 0.15) is 17.7 Å². The molecule has 0 aliphatic carbocycles. The van der Waals surface area contributed by atoms with Gasteiger partial charge in [-0.15, -0.1) is 0 Å². The smallest absolute Gasteiger partial charge is 0.153 e. The molecule has 1 aliphatic heterocycles. The molecule has 3 rings (SSSR count). The van der Waals surface area contributed by atoms with Crippen molar-refractivity contribution in [3.63, 3.8) is 0 Å². The summed E-state index contributed by atoms with van der Waals surface area (Å²) in [5.74, 6) is 0.0250. The summed E-state index contributed by atoms with van der Waals surface area (Å²) in [5, 5.41) is 3.51. The van der Waals surface area contributed by atoms with Gasteiger partial charge in [-0.05, 0) is 24.3 Å². The number of hydrogen-bond donors (Lipinski definition) is 1. The first-order chi connectivity index (χ1) is 10.7. The van der Waals surface area contributed by atoms with Gasteiger partial charge in [0.15, 0.2) is 6.10 Å². The second-order valence-corrected chi connectivity index (χ2v) is 5.42. The van der Waals surface area contributed by atoms with Crippen molar-refractivity contribution in [3.8, 4) is 5.75 Å². The highest BCUT2D eigenvalue weighted by molar-refractivity contribution is 6.32. The van der Waals surface area contributed by atoms with Gasteiger partial charge in [-0.3, -0.25) is 4.98 Å². The van der Waals surface area contributed by atoms with Gasteiger partial charge < -0.3 is 14.8 Å². The fourth-order valence-electron chi connectivity index (χ4n) is 2.39. The van der Waals surface area contributed by atoms with E-state index in [4.69, 9.17) is 21.1 Å². The van der Waals surface area contributed by atoms with Crippen molar-refractivity contribution in [2.45, 2.75) is 12.2 Å². The Morgan fingerprint density at radius 1 is 1.41 bits per heavy atom. The van der Waals surface area contributed by atoms with Crippen LogP contribution < -0.4 is 10.1 Å². The number of hydrogen-bond acceptors (Lipinski definition) is 4. The van der Waals surface area contributed by atoms with E-state index in [1.807, 2.05) is 12.1 Å². The maximum Gasteiger partial charge on any atom is 0.153 e. The highest BCUT2D eigenvalue weighted by atomic mass is 35.5. The Balaban J connectivity index is 1.87. The van der Waals surface area contributed by atoms with Crippen molar-refractivity contribution in [1.29, 1.82) is 0 Å². The SMILES string of the molecule is Fc1ccc(OC(c2cccnc2)[C@@H]2CNCCO2)c(Cl)c1. The summed E-state index contributed by atoms with van der Waals surface area (Å²) in [6.45, 7) is 2.09. The van der Waals surface area contributed by atoms with Crippen LogP contribution in [0, 0.1) is 5.82 Å². The van der Waals surface area contributed by atoms with E-state index in [1.54, 1.807) is 12.4 Å². The minimum Gasteiger partial charge on any atom is -0.481 e. The van der Waals surface area contributed by atoms with E-state index in [0.717, 1.165) is 12.1 Å². The minimum absolute atomic E-state index is 0.168. The van der Waals surface area contributed by atoms with Crippen LogP contribution in [0.4, 0.5) is 4.39 Å². The lowest BCUT2D eigenvalue weighted by Gasteiger charge is -2.31. The van der Waals surface area contributed by atoms with Crippen LogP contribution in [-0.4, -0.2) is 30.8 Å². The van der Waals surface area contributed by atoms with E-state index in [0.29, 0.717) is 18.9 Å². The molecule has 2 heterocycles. The van der Waals surface area contributed by atoms with Crippen LogP contribution in [0.2, 0.25) is 5.02 Å². The van der Waals surface area contributed by atoms with E-state index < -0.39 is 5.82 Å². The first-order valence-electron chi connectivity index (χ1n) is 7.08. The number of ether oxygens (including phenoxy) is 2. The molecule has 0 amide bonds. The van der Waals surface area contributed by atoms with Crippen molar-refractivity contribution in [2.24, 2.45) is 0 Å². The van der Waals surface area contributed by atoms with Gasteiger partial charge >= 0.3 is 0 Å². The van der Waals surface area contributed by atoms with Crippen LogP contribution in [0.5, 0.6) is 5.75 Å². The second-order valence-electron chi connectivity index (χ2n) is 5.01. The third-order valence-corrected chi connectivity index (χ3v) is 3.75. The van der Waals surface area contributed by atoms with Gasteiger partial charge in [0.25, 0.3) is 0 Å². The van der Waals surface area contributed by atoms with Crippen LogP contribution in [0.1, 0.15) is 11.7 Å². The molecule has 1 aliphatic rings. The Hall–Kier alpha value is -1.69. The molecule has 22 heavy (non-hydrogen) atoms. The summed E-state index contributed by atoms with van der Waals surface area (Å²) in [5.41, 5.74) is 0.886. The van der Waals surface area contributed by atoms with Gasteiger partial charge in [0.05, 0.1) is 11.6 Å². The molecule has 1 N–H and O–H groups in total. The largest absolute Gasteiger partial charge is 0.481 e. The number of benzene rings is 1. The number of nitrogens with zero attached hydrogens (tertiary/aromatic N) is 1. The van der Waals surface area contributed by atoms with Crippen molar-refractivity contribution in [2.75, 3.05) is 19.7 Å². The molecule has 1 saturated heterocycles. The Kier molecular flexibility index (Phi) is 4.87. The van der Waals surface area contributed by atoms with Crippen LogP contribution in [-0.2, 0) is 4.74 Å². The summed E-state index contributed by atoms with van der Waals surface area (Å²) in [6.07, 6.45) is 2.90. The quantitative estimate of drug-likeness (QED) is 0.940. The second kappa shape index (κ2) is 7.05. The average molecular weight is 323 g/mol. The predicted molar refractivity (Wildman–Crippen MR) is 81.6 cm³/mol. The Morgan fingerprint density at radius 2 is 2.32 bits per heavy atom. The molecular weight excluding hydrogens is 307 g/mol. The van der Waals surface area contributed by atoms with Crippen LogP contribution in [0.15, 0.2) is 42.7 Å². The normalized spacial score (nSPS) is 19.6. The van der Waals surface area contributed by atoms with Gasteiger partial charge in [0.2, 0.25) is 0 Å². The number of aromatic nitrogens is 1. The van der Waals surface area contributed by atoms with Crippen LogP contribution in [0.25, 0.3) is 0 Å². The van der Waals surface area contributed by atoms with Gasteiger partial charge in [-0.2, -0.15) is 0 Å². The maximum atomic E-state index is 13.2. The fraction of sp³-hybridized carbons (Fsp3) is 0.312. The molecule has 1 aromatic carbocycles. The molecule has 2 aromatic rings. The number of nitrogens with one attached hydrogen (secondary N) is 1. The molecule has 116 valence electrons. The molecule has 1 aromatic heterocycles. The number of halogens is 2. The average Bonchev–Trinajstić information content (AvgIpc) is 2.56. The van der Waals surface area contributed by atoms with Gasteiger partial charge in [-0.1, -0.05) is 17.7 Å². The van der Waals surface area contributed by atoms with Crippen molar-refractivity contribution in [1.82, 2.24) is 10.3 Å². The summed E-state index contributed by atoms with van der Waals surface area (Å²) < 4.78 is 25.0. The van der Waals surface area contributed by atoms with E-state index in [-0.39, 0.29) is 17.2 Å². The van der Waals surface area contributed by atoms with E-state index in [1.165, 1.54) is 18.2 Å². The molecular formula is C16H16ClFN2O2. The Morgan fingerprint density at radius 3 is 3.00 bits per heavy atom. The lowest BCUT2D eigenvalue weighted by Crippen LogP contribution is -2.43. The van der Waals surface area contributed by atoms with Gasteiger partial charge in [-0.25, -0.2) is 4.39 Å². The maximum absolute atomic E-state index is 13.2. The third kappa shape index (κ3) is 3.55. The summed E-state index contributed by atoms with van der Waals surface area (Å²) >= 11 is 6.06. The fourth-order valence-corrected chi connectivity index (χ4v) is 2.60. The molecule has 0 radical (unpaired) electrons. The topological polar surface area (TPSA) is 43.4 Å². The summed E-state index contributed by atoms with van der Waals surface area (Å²) in [7, 11) is 0. The first kappa shape index (κ1) is 15.2. The molecule has 2 atom stereocenters. The molecule has 1 fully saturated rings. The summed E-state index contributed by atoms with van der Waals surface area (Å²) in [4.78, 5) is 4.13. The molecule has 0 spiro atoms. The van der Waals surface area contributed by atoms with Crippen LogP contribution >= 0.6 is 11.6 Å². The monoisotopic (exact) mass is 322 g/mol. The van der Waals surface area contributed by atoms with E-state index >= 15 is 0 Å². The molecule has 6 heteroatoms. The predicted octanol–water partition coefficient (Wildman–Crippen LogP) is 2.98. The summed E-state index contributed by atoms with van der Waals surface area (Å²) in [6, 6.07) is 7.84. The number of pyridine rings is 1. The highest BCUT2D eigenvalue weighted by Gasteiger charge is 2.28. The number of rotatable bonds is 4. The number of morpholine rings is 1. The zero-order valence-electron chi connectivity index (χ0n) is 11.8. The molecule has 1 unspecified atom stereocenters. The molecule has 0 saturated carbocycles. The van der Waals surface area contributed by atoms with Crippen molar-refractivity contribution in [3.05, 3.63) is 59.1 Å². The van der Waals surface area contributed by atoms with Crippen molar-refractivity contribution < 1.29 is 13.9 Å². The standard InChI is InChI=1S/C16H16ClFN2O2/c17-13-8-12(18)3-4-14(13)22-16(11-2-1-5-19-9-11)15-10-20-6-7-21-15/h1-5,8-9,15-16,20H,6-7,10H2/t15-,16?/m0/s1. The lowest BCUT2D eigenvalue weighted by atomic mass is 10.1. The lowest BCUT2D eigenvalue weighted by molar-refractivity contribution is -0.0433. The third-order valence-electron chi connectivity index (χ3n) is 3.45. The van der Waals surface area contributed by atoms with Gasteiger partial charge in [0, 0.05) is 31.0 Å². The zero-order chi connectivity index (χ0) is 15.4. The van der Waals surface area contributed by atoms with Crippen molar-refractivity contribution >= 4 is 11.6 Å². The van der Waals surface area contributed by atoms with E-state index in [9.17, 15) is 4.39 Å². The zero-order valence-corrected chi connectivity index (χ0v) is 12.6. The Labute approximate surface area is 133 Å². The highest BCUT2D eigenvalue weighted by Crippen LogP contribution is 2.32. The minimum atomic E-state index is -0.397. The molecule has 0 bridgehead atoms. The Bertz CT molecular complexity index is 621. The van der Waals surface area contributed by atoms with Crippen LogP contribution in [0.3, 0.4) is 0 Å². The first-order valence-corrected chi connectivity index (χ1v) is 7.46. The van der Waals surface area contributed by atoms with E-state index in [2.05, 4.69) is 10.3 Å². The molecule has 4 nitrogen and oxygen atoms in total.